The van der Waals surface area contributed by atoms with Crippen molar-refractivity contribution < 1.29 is 0 Å². The van der Waals surface area contributed by atoms with Crippen LogP contribution in [0.25, 0.3) is 11.3 Å². The third kappa shape index (κ3) is 4.71. The number of nitrogens with one attached hydrogen (secondary N) is 1. The van der Waals surface area contributed by atoms with Gasteiger partial charge in [0.05, 0.1) is 5.69 Å². The lowest BCUT2D eigenvalue weighted by atomic mass is 10.1. The molecule has 4 nitrogen and oxygen atoms in total. The molecule has 0 bridgehead atoms. The van der Waals surface area contributed by atoms with E-state index in [0.717, 1.165) is 58.4 Å². The van der Waals surface area contributed by atoms with Gasteiger partial charge in [-0.05, 0) is 61.5 Å². The molecule has 29 heavy (non-hydrogen) atoms. The molecule has 0 unspecified atom stereocenters. The van der Waals surface area contributed by atoms with Crippen LogP contribution >= 0.6 is 35.2 Å². The van der Waals surface area contributed by atoms with E-state index in [1.807, 2.05) is 24.3 Å². The van der Waals surface area contributed by atoms with Crippen LogP contribution in [0.15, 0.2) is 47.8 Å². The summed E-state index contributed by atoms with van der Waals surface area (Å²) in [6.45, 7) is 7.81. The third-order valence-corrected chi connectivity index (χ3v) is 6.74. The highest BCUT2D eigenvalue weighted by Crippen LogP contribution is 2.29. The van der Waals surface area contributed by atoms with Crippen LogP contribution in [0.2, 0.25) is 5.02 Å². The van der Waals surface area contributed by atoms with Crippen LogP contribution in [0.4, 0.5) is 10.8 Å². The Bertz CT molecular complexity index is 1010. The molecule has 0 radical (unpaired) electrons. The molecule has 1 aromatic heterocycles. The largest absolute Gasteiger partial charge is 0.345 e. The van der Waals surface area contributed by atoms with Crippen molar-refractivity contribution in [3.63, 3.8) is 0 Å². The molecule has 1 saturated heterocycles. The molecular formula is C22H23ClN4S2. The van der Waals surface area contributed by atoms with Crippen LogP contribution in [0, 0.1) is 13.8 Å². The summed E-state index contributed by atoms with van der Waals surface area (Å²) in [4.78, 5) is 9.39. The lowest BCUT2D eigenvalue weighted by molar-refractivity contribution is 0.390. The monoisotopic (exact) mass is 442 g/mol. The molecule has 2 aromatic carbocycles. The summed E-state index contributed by atoms with van der Waals surface area (Å²) in [5.41, 5.74) is 5.69. The van der Waals surface area contributed by atoms with E-state index >= 15 is 0 Å². The first-order valence-corrected chi connectivity index (χ1v) is 11.3. The highest BCUT2D eigenvalue weighted by atomic mass is 35.5. The highest BCUT2D eigenvalue weighted by Gasteiger charge is 2.21. The standard InChI is InChI=1S/C22H23ClN4S2/c1-15-3-8-19(13-16(15)2)24-21(28)26-9-11-27(12-10-26)22-25-20(14-29-22)17-4-6-18(23)7-5-17/h3-8,13-14H,9-12H2,1-2H3,(H,24,28). The van der Waals surface area contributed by atoms with E-state index in [2.05, 4.69) is 52.5 Å². The van der Waals surface area contributed by atoms with Crippen molar-refractivity contribution in [3.05, 3.63) is 64.0 Å². The lowest BCUT2D eigenvalue weighted by Gasteiger charge is -2.36. The average Bonchev–Trinajstić information content (AvgIpc) is 3.21. The molecular weight excluding hydrogens is 420 g/mol. The smallest absolute Gasteiger partial charge is 0.185 e. The number of hydrogen-bond acceptors (Lipinski definition) is 4. The van der Waals surface area contributed by atoms with Gasteiger partial charge in [0.15, 0.2) is 10.2 Å². The summed E-state index contributed by atoms with van der Waals surface area (Å²) in [6.07, 6.45) is 0. The lowest BCUT2D eigenvalue weighted by Crippen LogP contribution is -2.50. The highest BCUT2D eigenvalue weighted by molar-refractivity contribution is 7.80. The number of hydrogen-bond donors (Lipinski definition) is 1. The molecule has 150 valence electrons. The molecule has 4 rings (SSSR count). The second-order valence-corrected chi connectivity index (χ2v) is 8.89. The average molecular weight is 443 g/mol. The van der Waals surface area contributed by atoms with E-state index < -0.39 is 0 Å². The zero-order chi connectivity index (χ0) is 20.4. The number of piperazine rings is 1. The van der Waals surface area contributed by atoms with Gasteiger partial charge in [-0.1, -0.05) is 29.8 Å². The molecule has 7 heteroatoms. The summed E-state index contributed by atoms with van der Waals surface area (Å²) in [5.74, 6) is 0. The topological polar surface area (TPSA) is 31.4 Å². The van der Waals surface area contributed by atoms with Gasteiger partial charge in [0.1, 0.15) is 0 Å². The first-order valence-electron chi connectivity index (χ1n) is 9.59. The first kappa shape index (κ1) is 20.1. The van der Waals surface area contributed by atoms with Gasteiger partial charge < -0.3 is 15.1 Å². The molecule has 3 aromatic rings. The Morgan fingerprint density at radius 1 is 1.03 bits per heavy atom. The van der Waals surface area contributed by atoms with Crippen LogP contribution in [0.3, 0.4) is 0 Å². The second-order valence-electron chi connectivity index (χ2n) is 7.23. The van der Waals surface area contributed by atoms with Gasteiger partial charge in [0.2, 0.25) is 0 Å². The molecule has 0 amide bonds. The van der Waals surface area contributed by atoms with Crippen molar-refractivity contribution in [1.29, 1.82) is 0 Å². The van der Waals surface area contributed by atoms with E-state index in [-0.39, 0.29) is 0 Å². The molecule has 1 aliphatic heterocycles. The SMILES string of the molecule is Cc1ccc(NC(=S)N2CCN(c3nc(-c4ccc(Cl)cc4)cs3)CC2)cc1C. The molecule has 2 heterocycles. The van der Waals surface area contributed by atoms with Gasteiger partial charge in [-0.15, -0.1) is 11.3 Å². The fourth-order valence-electron chi connectivity index (χ4n) is 3.29. The number of thiocarbonyl (C=S) groups is 1. The first-order chi connectivity index (χ1) is 14.0. The summed E-state index contributed by atoms with van der Waals surface area (Å²) in [6, 6.07) is 14.2. The van der Waals surface area contributed by atoms with Gasteiger partial charge in [-0.3, -0.25) is 0 Å². The fraction of sp³-hybridized carbons (Fsp3) is 0.273. The fourth-order valence-corrected chi connectivity index (χ4v) is 4.60. The van der Waals surface area contributed by atoms with Crippen LogP contribution in [0.5, 0.6) is 0 Å². The van der Waals surface area contributed by atoms with Crippen molar-refractivity contribution in [2.24, 2.45) is 0 Å². The number of halogens is 1. The number of aryl methyl sites for hydroxylation is 2. The van der Waals surface area contributed by atoms with Crippen molar-refractivity contribution in [1.82, 2.24) is 9.88 Å². The Labute approximate surface area is 186 Å². The Hall–Kier alpha value is -2.15. The molecule has 0 aliphatic carbocycles. The molecule has 0 spiro atoms. The zero-order valence-corrected chi connectivity index (χ0v) is 18.9. The second kappa shape index (κ2) is 8.69. The number of anilines is 2. The Morgan fingerprint density at radius 3 is 2.45 bits per heavy atom. The predicted molar refractivity (Wildman–Crippen MR) is 128 cm³/mol. The minimum atomic E-state index is 0.741. The van der Waals surface area contributed by atoms with Crippen molar-refractivity contribution in [3.8, 4) is 11.3 Å². The van der Waals surface area contributed by atoms with Gasteiger partial charge in [-0.25, -0.2) is 4.98 Å². The molecule has 1 N–H and O–H groups in total. The maximum Gasteiger partial charge on any atom is 0.185 e. The van der Waals surface area contributed by atoms with Crippen molar-refractivity contribution >= 4 is 51.1 Å². The normalized spacial score (nSPS) is 14.2. The Morgan fingerprint density at radius 2 is 1.76 bits per heavy atom. The minimum absolute atomic E-state index is 0.741. The number of nitrogens with zero attached hydrogens (tertiary/aromatic N) is 3. The number of benzene rings is 2. The van der Waals surface area contributed by atoms with E-state index in [4.69, 9.17) is 28.8 Å². The zero-order valence-electron chi connectivity index (χ0n) is 16.5. The summed E-state index contributed by atoms with van der Waals surface area (Å²) < 4.78 is 0. The van der Waals surface area contributed by atoms with Gasteiger partial charge in [0, 0.05) is 47.8 Å². The van der Waals surface area contributed by atoms with Gasteiger partial charge in [0.25, 0.3) is 0 Å². The van der Waals surface area contributed by atoms with Gasteiger partial charge in [-0.2, -0.15) is 0 Å². The van der Waals surface area contributed by atoms with E-state index in [1.54, 1.807) is 11.3 Å². The summed E-state index contributed by atoms with van der Waals surface area (Å²) in [5, 5.41) is 8.07. The Kier molecular flexibility index (Phi) is 6.04. The third-order valence-electron chi connectivity index (χ3n) is 5.23. The minimum Gasteiger partial charge on any atom is -0.345 e. The van der Waals surface area contributed by atoms with Crippen molar-refractivity contribution in [2.75, 3.05) is 36.4 Å². The maximum absolute atomic E-state index is 5.98. The Balaban J connectivity index is 1.35. The predicted octanol–water partition coefficient (Wildman–Crippen LogP) is 5.60. The van der Waals surface area contributed by atoms with Gasteiger partial charge >= 0.3 is 0 Å². The molecule has 0 atom stereocenters. The van der Waals surface area contributed by atoms with Crippen molar-refractivity contribution in [2.45, 2.75) is 13.8 Å². The van der Waals surface area contributed by atoms with E-state index in [9.17, 15) is 0 Å². The summed E-state index contributed by atoms with van der Waals surface area (Å²) >= 11 is 13.3. The number of aromatic nitrogens is 1. The van der Waals surface area contributed by atoms with Crippen LogP contribution < -0.4 is 10.2 Å². The molecule has 1 aliphatic rings. The quantitative estimate of drug-likeness (QED) is 0.533. The summed E-state index contributed by atoms with van der Waals surface area (Å²) in [7, 11) is 0. The molecule has 0 saturated carbocycles. The maximum atomic E-state index is 5.98. The molecule has 1 fully saturated rings. The number of thiazole rings is 1. The van der Waals surface area contributed by atoms with Crippen LogP contribution in [-0.2, 0) is 0 Å². The van der Waals surface area contributed by atoms with Crippen LogP contribution in [0.1, 0.15) is 11.1 Å². The number of rotatable bonds is 3. The van der Waals surface area contributed by atoms with E-state index in [0.29, 0.717) is 0 Å². The van der Waals surface area contributed by atoms with E-state index in [1.165, 1.54) is 11.1 Å². The van der Waals surface area contributed by atoms with Crippen LogP contribution in [-0.4, -0.2) is 41.2 Å².